The number of carbonyl (C=O) groups is 1. The minimum Gasteiger partial charge on any atom is -0.493 e. The lowest BCUT2D eigenvalue weighted by molar-refractivity contribution is -0.130. The van der Waals surface area contributed by atoms with Crippen LogP contribution in [0.5, 0.6) is 11.5 Å². The number of ether oxygens (including phenoxy) is 2. The maximum atomic E-state index is 12.1. The monoisotopic (exact) mass is 383 g/mol. The molecule has 0 heterocycles. The predicted octanol–water partition coefficient (Wildman–Crippen LogP) is -0.241. The third-order valence-electron chi connectivity index (χ3n) is 2.51. The van der Waals surface area contributed by atoms with E-state index in [1.54, 1.807) is 0 Å². The van der Waals surface area contributed by atoms with Crippen LogP contribution >= 0.6 is 0 Å². The Morgan fingerprint density at radius 2 is 1.75 bits per heavy atom. The van der Waals surface area contributed by atoms with Gasteiger partial charge >= 0.3 is 10.1 Å². The smallest absolute Gasteiger partial charge is 0.328 e. The van der Waals surface area contributed by atoms with Crippen molar-refractivity contribution in [1.82, 2.24) is 4.90 Å². The van der Waals surface area contributed by atoms with E-state index in [1.165, 1.54) is 38.2 Å². The molecule has 1 amide bonds. The first-order chi connectivity index (χ1) is 11.0. The summed E-state index contributed by atoms with van der Waals surface area (Å²) < 4.78 is 64.1. The lowest BCUT2D eigenvalue weighted by Gasteiger charge is -2.16. The predicted molar refractivity (Wildman–Crippen MR) is 81.4 cm³/mol. The van der Waals surface area contributed by atoms with Gasteiger partial charge in [-0.15, -0.1) is 0 Å². The van der Waals surface area contributed by atoms with E-state index in [-0.39, 0.29) is 11.5 Å². The van der Waals surface area contributed by atoms with Crippen molar-refractivity contribution in [2.75, 3.05) is 34.1 Å². The average Bonchev–Trinajstić information content (AvgIpc) is 2.49. The molecule has 0 atom stereocenters. The first kappa shape index (κ1) is 20.2. The molecule has 0 radical (unpaired) electrons. The zero-order chi connectivity index (χ0) is 18.5. The van der Waals surface area contributed by atoms with Crippen molar-refractivity contribution in [1.29, 1.82) is 0 Å². The molecule has 1 aromatic rings. The molecule has 0 aliphatic rings. The number of carbonyl (C=O) groups excluding carboxylic acids is 1. The number of nitrogens with zero attached hydrogens (tertiary/aromatic N) is 1. The number of para-hydroxylation sites is 1. The maximum absolute atomic E-state index is 12.1. The maximum Gasteiger partial charge on any atom is 0.328 e. The first-order valence-electron chi connectivity index (χ1n) is 6.30. The molecule has 0 aromatic heterocycles. The molecule has 0 fully saturated rings. The second-order valence-corrected chi connectivity index (χ2v) is 7.69. The number of benzene rings is 1. The summed E-state index contributed by atoms with van der Waals surface area (Å²) in [6, 6.07) is 3.79. The number of amides is 1. The summed E-state index contributed by atoms with van der Waals surface area (Å²) >= 11 is 0. The summed E-state index contributed by atoms with van der Waals surface area (Å²) in [5.41, 5.74) is 0. The Morgan fingerprint density at radius 1 is 1.12 bits per heavy atom. The SMILES string of the molecule is COc1cccc(S(=O)(=O)OOS(C)(=O)=O)c1OCC(=O)N(C)C. The van der Waals surface area contributed by atoms with E-state index in [4.69, 9.17) is 9.47 Å². The molecule has 0 aliphatic heterocycles. The van der Waals surface area contributed by atoms with Crippen LogP contribution < -0.4 is 9.47 Å². The second-order valence-electron chi connectivity index (χ2n) is 4.66. The zero-order valence-electron chi connectivity index (χ0n) is 13.4. The molecule has 0 N–H and O–H groups in total. The number of likely N-dealkylation sites (N-methyl/N-ethyl adjacent to an activating group) is 1. The molecule has 0 saturated carbocycles. The fraction of sp³-hybridized carbons (Fsp3) is 0.417. The first-order valence-corrected chi connectivity index (χ1v) is 9.53. The number of hydrogen-bond acceptors (Lipinski definition) is 9. The van der Waals surface area contributed by atoms with E-state index in [9.17, 15) is 21.6 Å². The van der Waals surface area contributed by atoms with E-state index >= 15 is 0 Å². The normalized spacial score (nSPS) is 11.8. The van der Waals surface area contributed by atoms with Crippen LogP contribution in [0.15, 0.2) is 23.1 Å². The third kappa shape index (κ3) is 5.63. The second kappa shape index (κ2) is 7.79. The lowest BCUT2D eigenvalue weighted by Crippen LogP contribution is -2.28. The van der Waals surface area contributed by atoms with Crippen LogP contribution in [0, 0.1) is 0 Å². The van der Waals surface area contributed by atoms with Crippen LogP contribution in [-0.4, -0.2) is 61.7 Å². The molecule has 12 heteroatoms. The van der Waals surface area contributed by atoms with E-state index < -0.39 is 37.6 Å². The highest BCUT2D eigenvalue weighted by Gasteiger charge is 2.27. The largest absolute Gasteiger partial charge is 0.493 e. The summed E-state index contributed by atoms with van der Waals surface area (Å²) in [5, 5.41) is 0. The van der Waals surface area contributed by atoms with Crippen molar-refractivity contribution in [3.63, 3.8) is 0 Å². The fourth-order valence-electron chi connectivity index (χ4n) is 1.38. The summed E-state index contributed by atoms with van der Waals surface area (Å²) in [7, 11) is -4.57. The van der Waals surface area contributed by atoms with Crippen LogP contribution in [0.3, 0.4) is 0 Å². The highest BCUT2D eigenvalue weighted by Crippen LogP contribution is 2.35. The number of methoxy groups -OCH3 is 1. The summed E-state index contributed by atoms with van der Waals surface area (Å²) in [5.74, 6) is -0.740. The quantitative estimate of drug-likeness (QED) is 0.441. The van der Waals surface area contributed by atoms with Crippen LogP contribution in [0.2, 0.25) is 0 Å². The molecule has 10 nitrogen and oxygen atoms in total. The molecule has 0 unspecified atom stereocenters. The van der Waals surface area contributed by atoms with Gasteiger partial charge < -0.3 is 14.4 Å². The van der Waals surface area contributed by atoms with Crippen molar-refractivity contribution < 1.29 is 39.8 Å². The van der Waals surface area contributed by atoms with Crippen molar-refractivity contribution in [3.8, 4) is 11.5 Å². The van der Waals surface area contributed by atoms with Gasteiger partial charge in [0.1, 0.15) is 4.90 Å². The van der Waals surface area contributed by atoms with Crippen LogP contribution in [0.1, 0.15) is 0 Å². The number of hydrogen-bond donors (Lipinski definition) is 0. The van der Waals surface area contributed by atoms with Gasteiger partial charge in [0.05, 0.1) is 13.4 Å². The lowest BCUT2D eigenvalue weighted by atomic mass is 10.3. The minimum atomic E-state index is -4.66. The summed E-state index contributed by atoms with van der Waals surface area (Å²) in [6.07, 6.45) is 0.612. The Labute approximate surface area is 140 Å². The van der Waals surface area contributed by atoms with E-state index in [1.807, 2.05) is 0 Å². The molecule has 136 valence electrons. The highest BCUT2D eigenvalue weighted by molar-refractivity contribution is 7.88. The fourth-order valence-corrected chi connectivity index (χ4v) is 2.78. The van der Waals surface area contributed by atoms with Crippen molar-refractivity contribution >= 4 is 26.1 Å². The molecule has 1 rings (SSSR count). The topological polar surface area (TPSA) is 126 Å². The van der Waals surface area contributed by atoms with Gasteiger partial charge in [-0.3, -0.25) is 4.79 Å². The van der Waals surface area contributed by atoms with Crippen molar-refractivity contribution in [2.24, 2.45) is 0 Å². The minimum absolute atomic E-state index is 0.00517. The Morgan fingerprint density at radius 3 is 2.25 bits per heavy atom. The Balaban J connectivity index is 3.20. The van der Waals surface area contributed by atoms with Crippen LogP contribution in [0.25, 0.3) is 0 Å². The number of rotatable bonds is 8. The molecule has 0 bridgehead atoms. The van der Waals surface area contributed by atoms with Crippen LogP contribution in [-0.2, 0) is 33.7 Å². The molecule has 0 saturated heterocycles. The average molecular weight is 383 g/mol. The van der Waals surface area contributed by atoms with Gasteiger partial charge in [-0.05, 0) is 12.1 Å². The van der Waals surface area contributed by atoms with Gasteiger partial charge in [0.25, 0.3) is 16.0 Å². The van der Waals surface area contributed by atoms with Gasteiger partial charge in [0.15, 0.2) is 18.1 Å². The standard InChI is InChI=1S/C12H17NO9S2/c1-13(2)11(14)8-20-12-9(19-3)6-5-7-10(12)24(17,18)22-21-23(4,15)16/h5-7H,8H2,1-4H3. The molecule has 24 heavy (non-hydrogen) atoms. The molecule has 0 spiro atoms. The highest BCUT2D eigenvalue weighted by atomic mass is 32.2. The zero-order valence-corrected chi connectivity index (χ0v) is 15.0. The molecular weight excluding hydrogens is 366 g/mol. The van der Waals surface area contributed by atoms with Crippen LogP contribution in [0.4, 0.5) is 0 Å². The van der Waals surface area contributed by atoms with Crippen molar-refractivity contribution in [2.45, 2.75) is 4.90 Å². The van der Waals surface area contributed by atoms with Gasteiger partial charge in [-0.1, -0.05) is 14.7 Å². The molecule has 1 aromatic carbocycles. The van der Waals surface area contributed by atoms with Gasteiger partial charge in [0, 0.05) is 14.1 Å². The Hall–Kier alpha value is -1.89. The van der Waals surface area contributed by atoms with Gasteiger partial charge in [-0.2, -0.15) is 16.8 Å². The van der Waals surface area contributed by atoms with Crippen molar-refractivity contribution in [3.05, 3.63) is 18.2 Å². The Kier molecular flexibility index (Phi) is 6.54. The van der Waals surface area contributed by atoms with E-state index in [0.29, 0.717) is 6.26 Å². The van der Waals surface area contributed by atoms with Gasteiger partial charge in [0.2, 0.25) is 0 Å². The van der Waals surface area contributed by atoms with Gasteiger partial charge in [-0.25, -0.2) is 0 Å². The van der Waals surface area contributed by atoms with E-state index in [2.05, 4.69) is 8.67 Å². The third-order valence-corrected chi connectivity index (χ3v) is 4.02. The summed E-state index contributed by atoms with van der Waals surface area (Å²) in [6.45, 7) is -0.469. The molecular formula is C12H17NO9S2. The summed E-state index contributed by atoms with van der Waals surface area (Å²) in [4.78, 5) is 12.3. The molecule has 0 aliphatic carbocycles. The Bertz CT molecular complexity index is 800. The van der Waals surface area contributed by atoms with E-state index in [0.717, 1.165) is 6.07 Å².